The average molecular weight is 281 g/mol. The van der Waals surface area contributed by atoms with E-state index in [9.17, 15) is 9.18 Å². The van der Waals surface area contributed by atoms with E-state index in [1.165, 1.54) is 6.07 Å². The van der Waals surface area contributed by atoms with Crippen LogP contribution in [-0.2, 0) is 22.6 Å². The number of halogens is 1. The topological polar surface area (TPSA) is 67.6 Å². The molecule has 1 aliphatic rings. The van der Waals surface area contributed by atoms with Crippen molar-refractivity contribution in [2.75, 3.05) is 26.8 Å². The normalized spacial score (nSPS) is 19.9. The van der Waals surface area contributed by atoms with Gasteiger partial charge in [-0.2, -0.15) is 0 Å². The summed E-state index contributed by atoms with van der Waals surface area (Å²) in [6, 6.07) is 4.62. The van der Waals surface area contributed by atoms with Crippen LogP contribution in [0.4, 0.5) is 4.39 Å². The van der Waals surface area contributed by atoms with Crippen LogP contribution in [0.15, 0.2) is 18.2 Å². The summed E-state index contributed by atoms with van der Waals surface area (Å²) in [5, 5.41) is 2.61. The third-order valence-electron chi connectivity index (χ3n) is 3.51. The molecule has 110 valence electrons. The van der Waals surface area contributed by atoms with Crippen molar-refractivity contribution in [1.82, 2.24) is 10.2 Å². The highest BCUT2D eigenvalue weighted by Gasteiger charge is 2.29. The first kappa shape index (κ1) is 14.9. The highest BCUT2D eigenvalue weighted by molar-refractivity contribution is 5.81. The molecule has 2 rings (SSSR count). The zero-order valence-corrected chi connectivity index (χ0v) is 11.6. The van der Waals surface area contributed by atoms with Crippen LogP contribution in [0.3, 0.4) is 0 Å². The fourth-order valence-corrected chi connectivity index (χ4v) is 2.30. The van der Waals surface area contributed by atoms with Gasteiger partial charge in [-0.25, -0.2) is 4.39 Å². The standard InChI is InChI=1S/C14H20FN3O2/c1-17-14(19)13-9-20-5-4-18(13)8-11-3-2-10(7-16)6-12(11)15/h2-3,6,13H,4-5,7-9,16H2,1H3,(H,17,19). The minimum atomic E-state index is -0.373. The maximum absolute atomic E-state index is 14.0. The van der Waals surface area contributed by atoms with E-state index in [2.05, 4.69) is 5.32 Å². The number of rotatable bonds is 4. The molecule has 1 amide bonds. The zero-order valence-electron chi connectivity index (χ0n) is 11.6. The van der Waals surface area contributed by atoms with Crippen LogP contribution in [0.5, 0.6) is 0 Å². The maximum Gasteiger partial charge on any atom is 0.239 e. The number of ether oxygens (including phenoxy) is 1. The molecule has 0 aromatic heterocycles. The number of carbonyl (C=O) groups is 1. The second-order valence-electron chi connectivity index (χ2n) is 4.81. The van der Waals surface area contributed by atoms with Gasteiger partial charge in [0.25, 0.3) is 0 Å². The first-order valence-electron chi connectivity index (χ1n) is 6.66. The Kier molecular flexibility index (Phi) is 5.05. The monoisotopic (exact) mass is 281 g/mol. The summed E-state index contributed by atoms with van der Waals surface area (Å²) >= 11 is 0. The van der Waals surface area contributed by atoms with Crippen molar-refractivity contribution in [3.63, 3.8) is 0 Å². The summed E-state index contributed by atoms with van der Waals surface area (Å²) in [5.74, 6) is -0.390. The van der Waals surface area contributed by atoms with Gasteiger partial charge >= 0.3 is 0 Å². The molecule has 1 fully saturated rings. The molecular weight excluding hydrogens is 261 g/mol. The first-order valence-corrected chi connectivity index (χ1v) is 6.66. The quantitative estimate of drug-likeness (QED) is 0.829. The fourth-order valence-electron chi connectivity index (χ4n) is 2.30. The largest absolute Gasteiger partial charge is 0.378 e. The van der Waals surface area contributed by atoms with Crippen LogP contribution < -0.4 is 11.1 Å². The number of morpholine rings is 1. The van der Waals surface area contributed by atoms with Crippen molar-refractivity contribution < 1.29 is 13.9 Å². The van der Waals surface area contributed by atoms with Gasteiger partial charge in [0, 0.05) is 32.2 Å². The summed E-state index contributed by atoms with van der Waals surface area (Å²) < 4.78 is 19.3. The van der Waals surface area contributed by atoms with Gasteiger partial charge in [0.15, 0.2) is 0 Å². The zero-order chi connectivity index (χ0) is 14.5. The Morgan fingerprint density at radius 1 is 1.60 bits per heavy atom. The minimum Gasteiger partial charge on any atom is -0.378 e. The predicted molar refractivity (Wildman–Crippen MR) is 73.4 cm³/mol. The third kappa shape index (κ3) is 3.33. The van der Waals surface area contributed by atoms with Crippen molar-refractivity contribution in [3.8, 4) is 0 Å². The Bertz CT molecular complexity index is 481. The number of benzene rings is 1. The smallest absolute Gasteiger partial charge is 0.239 e. The van der Waals surface area contributed by atoms with Crippen molar-refractivity contribution in [3.05, 3.63) is 35.1 Å². The molecule has 0 radical (unpaired) electrons. The summed E-state index contributed by atoms with van der Waals surface area (Å²) in [6.45, 7) is 2.20. The summed E-state index contributed by atoms with van der Waals surface area (Å²) in [5.41, 5.74) is 6.81. The fraction of sp³-hybridized carbons (Fsp3) is 0.500. The highest BCUT2D eigenvalue weighted by atomic mass is 19.1. The van der Waals surface area contributed by atoms with Gasteiger partial charge < -0.3 is 15.8 Å². The van der Waals surface area contributed by atoms with Crippen LogP contribution in [0.1, 0.15) is 11.1 Å². The lowest BCUT2D eigenvalue weighted by molar-refractivity contribution is -0.132. The highest BCUT2D eigenvalue weighted by Crippen LogP contribution is 2.16. The molecule has 1 unspecified atom stereocenters. The average Bonchev–Trinajstić information content (AvgIpc) is 2.49. The number of amides is 1. The molecule has 1 aliphatic heterocycles. The molecule has 5 nitrogen and oxygen atoms in total. The second-order valence-corrected chi connectivity index (χ2v) is 4.81. The minimum absolute atomic E-state index is 0.108. The number of likely N-dealkylation sites (N-methyl/N-ethyl adjacent to an activating group) is 1. The van der Waals surface area contributed by atoms with E-state index in [-0.39, 0.29) is 17.8 Å². The number of nitrogens with two attached hydrogens (primary N) is 1. The Morgan fingerprint density at radius 2 is 2.40 bits per heavy atom. The van der Waals surface area contributed by atoms with Crippen molar-refractivity contribution in [1.29, 1.82) is 0 Å². The van der Waals surface area contributed by atoms with Crippen LogP contribution in [0, 0.1) is 5.82 Å². The van der Waals surface area contributed by atoms with E-state index in [0.29, 0.717) is 38.4 Å². The summed E-state index contributed by atoms with van der Waals surface area (Å²) in [4.78, 5) is 13.7. The molecule has 6 heteroatoms. The lowest BCUT2D eigenvalue weighted by Crippen LogP contribution is -2.52. The lowest BCUT2D eigenvalue weighted by Gasteiger charge is -2.34. The van der Waals surface area contributed by atoms with Crippen molar-refractivity contribution >= 4 is 5.91 Å². The number of hydrogen-bond donors (Lipinski definition) is 2. The van der Waals surface area contributed by atoms with E-state index in [1.807, 2.05) is 11.0 Å². The van der Waals surface area contributed by atoms with E-state index in [1.54, 1.807) is 13.1 Å². The molecule has 3 N–H and O–H groups in total. The van der Waals surface area contributed by atoms with Gasteiger partial charge in [-0.1, -0.05) is 12.1 Å². The van der Waals surface area contributed by atoms with Gasteiger partial charge in [-0.05, 0) is 11.6 Å². The number of carbonyl (C=O) groups excluding carboxylic acids is 1. The second kappa shape index (κ2) is 6.78. The molecule has 1 aromatic rings. The summed E-state index contributed by atoms with van der Waals surface area (Å²) in [7, 11) is 1.59. The molecule has 20 heavy (non-hydrogen) atoms. The molecule has 1 atom stereocenters. The molecule has 1 heterocycles. The van der Waals surface area contributed by atoms with Crippen LogP contribution in [0.2, 0.25) is 0 Å². The Balaban J connectivity index is 2.12. The molecule has 1 aromatic carbocycles. The Labute approximate surface area is 117 Å². The lowest BCUT2D eigenvalue weighted by atomic mass is 10.1. The van der Waals surface area contributed by atoms with E-state index in [4.69, 9.17) is 10.5 Å². The molecule has 0 aliphatic carbocycles. The van der Waals surface area contributed by atoms with E-state index < -0.39 is 0 Å². The molecular formula is C14H20FN3O2. The first-order chi connectivity index (χ1) is 9.65. The van der Waals surface area contributed by atoms with Gasteiger partial charge in [-0.3, -0.25) is 9.69 Å². The van der Waals surface area contributed by atoms with E-state index >= 15 is 0 Å². The predicted octanol–water partition coefficient (Wildman–Crippen LogP) is 0.231. The van der Waals surface area contributed by atoms with Gasteiger partial charge in [-0.15, -0.1) is 0 Å². The number of hydrogen-bond acceptors (Lipinski definition) is 4. The van der Waals surface area contributed by atoms with Crippen LogP contribution in [-0.4, -0.2) is 43.7 Å². The molecule has 1 saturated heterocycles. The van der Waals surface area contributed by atoms with Gasteiger partial charge in [0.1, 0.15) is 11.9 Å². The van der Waals surface area contributed by atoms with Crippen LogP contribution in [0.25, 0.3) is 0 Å². The van der Waals surface area contributed by atoms with Crippen LogP contribution >= 0.6 is 0 Å². The Morgan fingerprint density at radius 3 is 3.05 bits per heavy atom. The van der Waals surface area contributed by atoms with Crippen molar-refractivity contribution in [2.24, 2.45) is 5.73 Å². The van der Waals surface area contributed by atoms with Crippen molar-refractivity contribution in [2.45, 2.75) is 19.1 Å². The molecule has 0 saturated carbocycles. The summed E-state index contributed by atoms with van der Waals surface area (Å²) in [6.07, 6.45) is 0. The molecule has 0 spiro atoms. The number of nitrogens with one attached hydrogen (secondary N) is 1. The van der Waals surface area contributed by atoms with Gasteiger partial charge in [0.05, 0.1) is 13.2 Å². The van der Waals surface area contributed by atoms with E-state index in [0.717, 1.165) is 5.56 Å². The Hall–Kier alpha value is -1.50. The van der Waals surface area contributed by atoms with Gasteiger partial charge in [0.2, 0.25) is 5.91 Å². The third-order valence-corrected chi connectivity index (χ3v) is 3.51. The maximum atomic E-state index is 14.0. The SMILES string of the molecule is CNC(=O)C1COCCN1Cc1ccc(CN)cc1F. The number of nitrogens with zero attached hydrogens (tertiary/aromatic N) is 1. The molecule has 0 bridgehead atoms.